The Morgan fingerprint density at radius 1 is 0.683 bits per heavy atom. The molecule has 2 unspecified atom stereocenters. The Morgan fingerprint density at radius 2 is 1.07 bits per heavy atom. The molecular weight excluding hydrogens is 517 g/mol. The van der Waals surface area contributed by atoms with Gasteiger partial charge in [-0.1, -0.05) is 91.0 Å². The van der Waals surface area contributed by atoms with E-state index in [9.17, 15) is 14.0 Å². The maximum atomic E-state index is 13.9. The van der Waals surface area contributed by atoms with Crippen molar-refractivity contribution in [3.8, 4) is 0 Å². The van der Waals surface area contributed by atoms with Gasteiger partial charge >= 0.3 is 11.9 Å². The molecule has 0 amide bonds. The van der Waals surface area contributed by atoms with Crippen molar-refractivity contribution in [3.63, 3.8) is 0 Å². The van der Waals surface area contributed by atoms with Crippen LogP contribution in [0.25, 0.3) is 0 Å². The maximum absolute atomic E-state index is 13.9. The summed E-state index contributed by atoms with van der Waals surface area (Å²) in [6.07, 6.45) is 0.519. The van der Waals surface area contributed by atoms with Crippen LogP contribution in [0.15, 0.2) is 91.0 Å². The highest BCUT2D eigenvalue weighted by Crippen LogP contribution is 2.38. The van der Waals surface area contributed by atoms with Gasteiger partial charge in [0.1, 0.15) is 17.2 Å². The minimum absolute atomic E-state index is 0.0814. The van der Waals surface area contributed by atoms with Crippen molar-refractivity contribution < 1.29 is 23.5 Å². The molecule has 2 atom stereocenters. The number of alkyl halides is 1. The molecule has 0 aromatic heterocycles. The number of carbonyl (C=O) groups excluding carboxylic acids is 2. The average molecular weight is 562 g/mol. The minimum Gasteiger partial charge on any atom is -0.460 e. The molecule has 0 aliphatic heterocycles. The summed E-state index contributed by atoms with van der Waals surface area (Å²) in [6, 6.07) is 28.8. The summed E-state index contributed by atoms with van der Waals surface area (Å²) in [5, 5.41) is 3.69. The number of carbonyl (C=O) groups is 2. The molecule has 3 aromatic rings. The molecule has 220 valence electrons. The van der Waals surface area contributed by atoms with Gasteiger partial charge in [0.05, 0.1) is 18.1 Å². The quantitative estimate of drug-likeness (QED) is 0.185. The fraction of sp³-hybridized carbons (Fsp3) is 0.429. The monoisotopic (exact) mass is 561 g/mol. The fourth-order valence-corrected chi connectivity index (χ4v) is 4.99. The van der Waals surface area contributed by atoms with Crippen molar-refractivity contribution >= 4 is 11.9 Å². The number of rotatable bonds is 12. The van der Waals surface area contributed by atoms with E-state index in [1.807, 2.05) is 112 Å². The van der Waals surface area contributed by atoms with E-state index >= 15 is 0 Å². The zero-order chi connectivity index (χ0) is 30.1. The summed E-state index contributed by atoms with van der Waals surface area (Å²) in [5.74, 6) is -1.65. The van der Waals surface area contributed by atoms with E-state index in [2.05, 4.69) is 5.32 Å². The predicted octanol–water partition coefficient (Wildman–Crippen LogP) is 7.38. The largest absolute Gasteiger partial charge is 0.460 e. The first-order valence-corrected chi connectivity index (χ1v) is 14.3. The number of halogens is 1. The van der Waals surface area contributed by atoms with E-state index in [0.717, 1.165) is 16.7 Å². The van der Waals surface area contributed by atoms with Crippen molar-refractivity contribution in [2.45, 2.75) is 83.6 Å². The number of ether oxygens (including phenoxy) is 2. The van der Waals surface area contributed by atoms with E-state index in [1.54, 1.807) is 20.8 Å². The zero-order valence-corrected chi connectivity index (χ0v) is 25.2. The number of benzene rings is 3. The van der Waals surface area contributed by atoms with Crippen molar-refractivity contribution in [3.05, 3.63) is 108 Å². The Bertz CT molecular complexity index is 1140. The molecular formula is C35H44FNO4. The standard InChI is InChI=1S/C35H44FNO4/c1-33(2,3)40-31(38)26(17-16-24-36)25-30(32(39)41-34(4,5)6)37-35(27-18-10-7-11-19-27,28-20-12-8-13-21-28)29-22-14-9-15-23-29/h7-15,18-23,26,30,37H,16-17,24-25H2,1-6H3. The molecule has 0 radical (unpaired) electrons. The van der Waals surface area contributed by atoms with Crippen molar-refractivity contribution in [2.75, 3.05) is 6.67 Å². The zero-order valence-electron chi connectivity index (χ0n) is 25.2. The van der Waals surface area contributed by atoms with E-state index in [1.165, 1.54) is 0 Å². The van der Waals surface area contributed by atoms with Crippen molar-refractivity contribution in [1.82, 2.24) is 5.32 Å². The van der Waals surface area contributed by atoms with E-state index in [0.29, 0.717) is 0 Å². The third-order valence-corrected chi connectivity index (χ3v) is 6.65. The van der Waals surface area contributed by atoms with Gasteiger partial charge in [-0.2, -0.15) is 0 Å². The highest BCUT2D eigenvalue weighted by molar-refractivity contribution is 5.79. The molecule has 0 saturated carbocycles. The normalized spacial score (nSPS) is 13.7. The lowest BCUT2D eigenvalue weighted by Crippen LogP contribution is -2.54. The molecule has 1 N–H and O–H groups in total. The van der Waals surface area contributed by atoms with Crippen LogP contribution in [0.2, 0.25) is 0 Å². The van der Waals surface area contributed by atoms with Crippen LogP contribution >= 0.6 is 0 Å². The van der Waals surface area contributed by atoms with Gasteiger partial charge in [0.15, 0.2) is 0 Å². The SMILES string of the molecule is CC(C)(C)OC(=O)C(CCCF)CC(NC(c1ccccc1)(c1ccccc1)c1ccccc1)C(=O)OC(C)(C)C. The molecule has 0 fully saturated rings. The Balaban J connectivity index is 2.20. The van der Waals surface area contributed by atoms with Gasteiger partial charge in [-0.25, -0.2) is 0 Å². The summed E-state index contributed by atoms with van der Waals surface area (Å²) in [4.78, 5) is 27.3. The van der Waals surface area contributed by atoms with Gasteiger partial charge in [-0.3, -0.25) is 19.3 Å². The summed E-state index contributed by atoms with van der Waals surface area (Å²) < 4.78 is 25.0. The van der Waals surface area contributed by atoms with E-state index < -0.39 is 47.3 Å². The molecule has 0 spiro atoms. The predicted molar refractivity (Wildman–Crippen MR) is 161 cm³/mol. The van der Waals surface area contributed by atoms with Crippen LogP contribution in [-0.4, -0.2) is 35.9 Å². The molecule has 41 heavy (non-hydrogen) atoms. The van der Waals surface area contributed by atoms with Crippen LogP contribution in [0.4, 0.5) is 4.39 Å². The smallest absolute Gasteiger partial charge is 0.323 e. The Labute approximate surface area is 244 Å². The lowest BCUT2D eigenvalue weighted by atomic mass is 9.76. The van der Waals surface area contributed by atoms with Crippen LogP contribution in [0.5, 0.6) is 0 Å². The molecule has 3 aromatic carbocycles. The van der Waals surface area contributed by atoms with Gasteiger partial charge in [0, 0.05) is 0 Å². The number of esters is 2. The highest BCUT2D eigenvalue weighted by atomic mass is 19.1. The maximum Gasteiger partial charge on any atom is 0.323 e. The van der Waals surface area contributed by atoms with Crippen LogP contribution < -0.4 is 5.32 Å². The highest BCUT2D eigenvalue weighted by Gasteiger charge is 2.42. The van der Waals surface area contributed by atoms with Crippen molar-refractivity contribution in [2.24, 2.45) is 5.92 Å². The van der Waals surface area contributed by atoms with E-state index in [4.69, 9.17) is 9.47 Å². The van der Waals surface area contributed by atoms with Crippen LogP contribution in [-0.2, 0) is 24.6 Å². The lowest BCUT2D eigenvalue weighted by Gasteiger charge is -2.40. The molecule has 0 aliphatic rings. The molecule has 6 heteroatoms. The number of hydrogen-bond donors (Lipinski definition) is 1. The third kappa shape index (κ3) is 8.99. The minimum atomic E-state index is -0.968. The summed E-state index contributed by atoms with van der Waals surface area (Å²) in [6.45, 7) is 10.3. The first-order valence-electron chi connectivity index (χ1n) is 14.3. The average Bonchev–Trinajstić information content (AvgIpc) is 2.92. The number of nitrogens with one attached hydrogen (secondary N) is 1. The van der Waals surface area contributed by atoms with Crippen LogP contribution in [0, 0.1) is 5.92 Å². The molecule has 0 saturated heterocycles. The second-order valence-electron chi connectivity index (χ2n) is 12.4. The molecule has 5 nitrogen and oxygen atoms in total. The Morgan fingerprint density at radius 3 is 1.44 bits per heavy atom. The Hall–Kier alpha value is -3.51. The van der Waals surface area contributed by atoms with E-state index in [-0.39, 0.29) is 19.3 Å². The second-order valence-corrected chi connectivity index (χ2v) is 12.4. The Kier molecular flexibility index (Phi) is 10.9. The fourth-order valence-electron chi connectivity index (χ4n) is 4.99. The second kappa shape index (κ2) is 13.9. The third-order valence-electron chi connectivity index (χ3n) is 6.65. The topological polar surface area (TPSA) is 64.6 Å². The summed E-state index contributed by atoms with van der Waals surface area (Å²) in [5.41, 5.74) is 0.313. The van der Waals surface area contributed by atoms with Gasteiger partial charge in [0.2, 0.25) is 0 Å². The van der Waals surface area contributed by atoms with Crippen LogP contribution in [0.3, 0.4) is 0 Å². The summed E-state index contributed by atoms with van der Waals surface area (Å²) in [7, 11) is 0. The van der Waals surface area contributed by atoms with Gasteiger partial charge in [0.25, 0.3) is 0 Å². The number of hydrogen-bond acceptors (Lipinski definition) is 5. The van der Waals surface area contributed by atoms with Gasteiger partial charge < -0.3 is 9.47 Å². The molecule has 3 rings (SSSR count). The van der Waals surface area contributed by atoms with Crippen molar-refractivity contribution in [1.29, 1.82) is 0 Å². The molecule has 0 heterocycles. The molecule has 0 aliphatic carbocycles. The van der Waals surface area contributed by atoms with Crippen LogP contribution in [0.1, 0.15) is 77.5 Å². The molecule has 0 bridgehead atoms. The van der Waals surface area contributed by atoms with Gasteiger partial charge in [-0.15, -0.1) is 0 Å². The lowest BCUT2D eigenvalue weighted by molar-refractivity contribution is -0.163. The first-order chi connectivity index (χ1) is 19.4. The summed E-state index contributed by atoms with van der Waals surface area (Å²) >= 11 is 0. The first kappa shape index (κ1) is 32.0. The van der Waals surface area contributed by atoms with Gasteiger partial charge in [-0.05, 0) is 77.5 Å².